The number of carbonyl (C=O) groups excluding carboxylic acids is 3. The van der Waals surface area contributed by atoms with Crippen LogP contribution in [-0.4, -0.2) is 79.6 Å². The highest BCUT2D eigenvalue weighted by molar-refractivity contribution is 5.96. The first kappa shape index (κ1) is 21.1. The summed E-state index contributed by atoms with van der Waals surface area (Å²) in [6, 6.07) is 9.81. The van der Waals surface area contributed by atoms with Crippen LogP contribution in [0.5, 0.6) is 0 Å². The Kier molecular flexibility index (Phi) is 6.74. The van der Waals surface area contributed by atoms with Crippen molar-refractivity contribution in [1.29, 1.82) is 0 Å². The molecule has 2 aliphatic rings. The highest BCUT2D eigenvalue weighted by Crippen LogP contribution is 2.39. The number of para-hydroxylation sites is 1. The molecule has 0 aliphatic carbocycles. The molecule has 0 radical (unpaired) electrons. The monoisotopic (exact) mass is 402 g/mol. The van der Waals surface area contributed by atoms with E-state index >= 15 is 0 Å². The Morgan fingerprint density at radius 3 is 2.48 bits per heavy atom. The number of amides is 3. The third kappa shape index (κ3) is 4.53. The van der Waals surface area contributed by atoms with Crippen LogP contribution in [0.1, 0.15) is 26.2 Å². The lowest BCUT2D eigenvalue weighted by Crippen LogP contribution is -2.57. The van der Waals surface area contributed by atoms with Gasteiger partial charge in [-0.1, -0.05) is 18.2 Å². The van der Waals surface area contributed by atoms with Gasteiger partial charge >= 0.3 is 0 Å². The van der Waals surface area contributed by atoms with Crippen LogP contribution < -0.4 is 10.2 Å². The van der Waals surface area contributed by atoms with Gasteiger partial charge in [-0.2, -0.15) is 0 Å². The van der Waals surface area contributed by atoms with Crippen LogP contribution in [0.2, 0.25) is 0 Å². The minimum Gasteiger partial charge on any atom is -0.385 e. The van der Waals surface area contributed by atoms with E-state index in [1.807, 2.05) is 30.3 Å². The number of piperidine rings is 1. The predicted molar refractivity (Wildman–Crippen MR) is 109 cm³/mol. The van der Waals surface area contributed by atoms with Crippen LogP contribution >= 0.6 is 0 Å². The second-order valence-corrected chi connectivity index (χ2v) is 7.64. The number of methoxy groups -OCH3 is 1. The third-order valence-corrected chi connectivity index (χ3v) is 5.80. The number of carbonyl (C=O) groups is 3. The predicted octanol–water partition coefficient (Wildman–Crippen LogP) is 0.827. The normalized spacial score (nSPS) is 18.4. The number of hydrogen-bond acceptors (Lipinski definition) is 5. The Hall–Kier alpha value is -2.61. The number of likely N-dealkylation sites (tertiary alicyclic amines) is 1. The van der Waals surface area contributed by atoms with Gasteiger partial charge in [0, 0.05) is 46.0 Å². The molecule has 2 heterocycles. The van der Waals surface area contributed by atoms with Crippen molar-refractivity contribution >= 4 is 23.4 Å². The van der Waals surface area contributed by atoms with E-state index in [1.54, 1.807) is 23.8 Å². The molecule has 3 amide bonds. The first-order valence-corrected chi connectivity index (χ1v) is 10.1. The van der Waals surface area contributed by atoms with Gasteiger partial charge in [-0.15, -0.1) is 0 Å². The van der Waals surface area contributed by atoms with Crippen molar-refractivity contribution in [1.82, 2.24) is 15.1 Å². The fraction of sp³-hybridized carbons (Fsp3) is 0.571. The van der Waals surface area contributed by atoms with E-state index in [2.05, 4.69) is 10.2 Å². The van der Waals surface area contributed by atoms with E-state index in [0.717, 1.165) is 12.1 Å². The fourth-order valence-electron chi connectivity index (χ4n) is 4.19. The number of rotatable bonds is 7. The molecule has 2 fully saturated rings. The van der Waals surface area contributed by atoms with Crippen LogP contribution in [0.3, 0.4) is 0 Å². The molecule has 3 rings (SSSR count). The van der Waals surface area contributed by atoms with Crippen LogP contribution in [0.15, 0.2) is 30.3 Å². The van der Waals surface area contributed by atoms with Crippen LogP contribution in [0, 0.1) is 0 Å². The molecule has 1 N–H and O–H groups in total. The third-order valence-electron chi connectivity index (χ3n) is 5.80. The Morgan fingerprint density at radius 2 is 1.86 bits per heavy atom. The Balaban J connectivity index is 1.74. The summed E-state index contributed by atoms with van der Waals surface area (Å²) in [4.78, 5) is 43.0. The van der Waals surface area contributed by atoms with Crippen LogP contribution in [0.4, 0.5) is 5.69 Å². The molecule has 0 unspecified atom stereocenters. The van der Waals surface area contributed by atoms with E-state index in [-0.39, 0.29) is 24.3 Å². The van der Waals surface area contributed by atoms with E-state index in [0.29, 0.717) is 45.8 Å². The van der Waals surface area contributed by atoms with Gasteiger partial charge in [0.25, 0.3) is 5.91 Å². The molecule has 0 bridgehead atoms. The molecule has 0 saturated carbocycles. The highest BCUT2D eigenvalue weighted by Gasteiger charge is 2.54. The molecular formula is C21H30N4O4. The summed E-state index contributed by atoms with van der Waals surface area (Å²) in [6.07, 6.45) is 1.86. The van der Waals surface area contributed by atoms with Crippen LogP contribution in [-0.2, 0) is 19.1 Å². The Labute approximate surface area is 171 Å². The zero-order chi connectivity index (χ0) is 20.9. The van der Waals surface area contributed by atoms with Gasteiger partial charge < -0.3 is 24.8 Å². The Morgan fingerprint density at radius 1 is 1.17 bits per heavy atom. The van der Waals surface area contributed by atoms with Gasteiger partial charge in [0.15, 0.2) is 0 Å². The van der Waals surface area contributed by atoms with Crippen molar-refractivity contribution in [3.8, 4) is 0 Å². The van der Waals surface area contributed by atoms with Crippen molar-refractivity contribution in [2.24, 2.45) is 0 Å². The summed E-state index contributed by atoms with van der Waals surface area (Å²) < 4.78 is 4.99. The molecule has 8 heteroatoms. The molecule has 1 aromatic rings. The molecule has 158 valence electrons. The van der Waals surface area contributed by atoms with E-state index in [9.17, 15) is 14.4 Å². The SMILES string of the molecule is COCCCNC(=O)CN1CN(c2ccccc2)C2(CCN(C(C)=O)CC2)C1=O. The Bertz CT molecular complexity index is 731. The number of nitrogens with zero attached hydrogens (tertiary/aromatic N) is 3. The lowest BCUT2D eigenvalue weighted by molar-refractivity contribution is -0.139. The number of hydrogen-bond donors (Lipinski definition) is 1. The first-order valence-electron chi connectivity index (χ1n) is 10.1. The van der Waals surface area contributed by atoms with Crippen molar-refractivity contribution in [3.63, 3.8) is 0 Å². The van der Waals surface area contributed by atoms with Gasteiger partial charge in [-0.3, -0.25) is 14.4 Å². The van der Waals surface area contributed by atoms with Gasteiger partial charge in [0.2, 0.25) is 11.8 Å². The minimum absolute atomic E-state index is 0.0309. The number of benzene rings is 1. The van der Waals surface area contributed by atoms with E-state index in [1.165, 1.54) is 0 Å². The van der Waals surface area contributed by atoms with Crippen molar-refractivity contribution in [3.05, 3.63) is 30.3 Å². The largest absolute Gasteiger partial charge is 0.385 e. The number of anilines is 1. The molecule has 0 aromatic heterocycles. The topological polar surface area (TPSA) is 82.2 Å². The van der Waals surface area contributed by atoms with E-state index < -0.39 is 5.54 Å². The number of nitrogens with one attached hydrogen (secondary N) is 1. The lowest BCUT2D eigenvalue weighted by Gasteiger charge is -2.43. The maximum Gasteiger partial charge on any atom is 0.250 e. The summed E-state index contributed by atoms with van der Waals surface area (Å²) in [5.74, 6) is -0.166. The second kappa shape index (κ2) is 9.26. The summed E-state index contributed by atoms with van der Waals surface area (Å²) in [5.41, 5.74) is 0.254. The standard InChI is InChI=1S/C21H30N4O4/c1-17(26)23-12-9-21(10-13-23)20(28)24(15-19(27)22-11-6-14-29-2)16-25(21)18-7-4-3-5-8-18/h3-5,7-8H,6,9-16H2,1-2H3,(H,22,27). The lowest BCUT2D eigenvalue weighted by atomic mass is 9.85. The first-order chi connectivity index (χ1) is 14.0. The van der Waals surface area contributed by atoms with Crippen LogP contribution in [0.25, 0.3) is 0 Å². The zero-order valence-corrected chi connectivity index (χ0v) is 17.2. The average Bonchev–Trinajstić information content (AvgIpc) is 2.98. The molecule has 1 aromatic carbocycles. The van der Waals surface area contributed by atoms with Gasteiger partial charge in [-0.05, 0) is 31.4 Å². The van der Waals surface area contributed by atoms with Gasteiger partial charge in [0.1, 0.15) is 12.1 Å². The van der Waals surface area contributed by atoms with Gasteiger partial charge in [-0.25, -0.2) is 0 Å². The summed E-state index contributed by atoms with van der Waals surface area (Å²) in [7, 11) is 1.62. The van der Waals surface area contributed by atoms with Crippen molar-refractivity contribution < 1.29 is 19.1 Å². The molecule has 29 heavy (non-hydrogen) atoms. The molecule has 1 spiro atoms. The second-order valence-electron chi connectivity index (χ2n) is 7.64. The quantitative estimate of drug-likeness (QED) is 0.683. The summed E-state index contributed by atoms with van der Waals surface area (Å²) >= 11 is 0. The van der Waals surface area contributed by atoms with Crippen molar-refractivity contribution in [2.75, 3.05) is 51.5 Å². The molecule has 8 nitrogen and oxygen atoms in total. The highest BCUT2D eigenvalue weighted by atomic mass is 16.5. The summed E-state index contributed by atoms with van der Waals surface area (Å²) in [5, 5.41) is 2.85. The number of ether oxygens (including phenoxy) is 1. The van der Waals surface area contributed by atoms with Crippen molar-refractivity contribution in [2.45, 2.75) is 31.7 Å². The molecule has 2 saturated heterocycles. The average molecular weight is 402 g/mol. The zero-order valence-electron chi connectivity index (χ0n) is 17.2. The smallest absolute Gasteiger partial charge is 0.250 e. The van der Waals surface area contributed by atoms with E-state index in [4.69, 9.17) is 4.74 Å². The maximum absolute atomic E-state index is 13.4. The summed E-state index contributed by atoms with van der Waals surface area (Å²) in [6.45, 7) is 4.16. The molecule has 2 aliphatic heterocycles. The molecule has 0 atom stereocenters. The maximum atomic E-state index is 13.4. The molecular weight excluding hydrogens is 372 g/mol. The fourth-order valence-corrected chi connectivity index (χ4v) is 4.19. The minimum atomic E-state index is -0.705. The van der Waals surface area contributed by atoms with Gasteiger partial charge in [0.05, 0.1) is 6.67 Å².